The molecule has 3 heterocycles. The standard InChI is InChI=1S/C27H38BrN3O5/c1-6-11-29-24(33)19-20-26(35)31(18(13-32)14(3)7-2)23(27(20)12-17(28)22(19)36-27)25(34)30-21-15(4)9-8-10-16(21)5/h8-10,14,17-20,22-23,32H,6-7,11-13H2,1-5H3,(H,29,33)(H,30,34)/t14-,17?,18-,19+,20-,22+,23?,27?/m0/s1. The number of nitrogens with zero attached hydrogens (tertiary/aromatic N) is 1. The molecule has 0 saturated carbocycles. The Labute approximate surface area is 221 Å². The van der Waals surface area contributed by atoms with Crippen LogP contribution in [0, 0.1) is 31.6 Å². The quantitative estimate of drug-likeness (QED) is 0.400. The fourth-order valence-corrected chi connectivity index (χ4v) is 7.35. The van der Waals surface area contributed by atoms with Gasteiger partial charge in [-0.15, -0.1) is 0 Å². The molecule has 0 radical (unpaired) electrons. The van der Waals surface area contributed by atoms with Crippen LogP contribution in [0.5, 0.6) is 0 Å². The third-order valence-electron chi connectivity index (χ3n) is 8.40. The number of para-hydroxylation sites is 1. The Morgan fingerprint density at radius 1 is 1.25 bits per heavy atom. The maximum absolute atomic E-state index is 14.1. The molecule has 4 rings (SSSR count). The highest BCUT2D eigenvalue weighted by Crippen LogP contribution is 2.60. The van der Waals surface area contributed by atoms with E-state index >= 15 is 0 Å². The number of benzene rings is 1. The number of aliphatic hydroxyl groups excluding tert-OH is 1. The minimum atomic E-state index is -1.15. The number of carbonyl (C=O) groups excluding carboxylic acids is 3. The highest BCUT2D eigenvalue weighted by Gasteiger charge is 2.77. The lowest BCUT2D eigenvalue weighted by Crippen LogP contribution is -2.58. The normalized spacial score (nSPS) is 32.4. The summed E-state index contributed by atoms with van der Waals surface area (Å²) in [7, 11) is 0. The molecule has 3 N–H and O–H groups in total. The molecule has 8 nitrogen and oxygen atoms in total. The number of aliphatic hydroxyl groups is 1. The van der Waals surface area contributed by atoms with Gasteiger partial charge < -0.3 is 25.4 Å². The summed E-state index contributed by atoms with van der Waals surface area (Å²) in [4.78, 5) is 42.9. The van der Waals surface area contributed by atoms with Crippen LogP contribution in [0.3, 0.4) is 0 Å². The number of aryl methyl sites for hydroxylation is 2. The van der Waals surface area contributed by atoms with Gasteiger partial charge in [0.1, 0.15) is 11.6 Å². The molecule has 3 aliphatic heterocycles. The maximum atomic E-state index is 14.1. The molecule has 3 fully saturated rings. The molecule has 8 atom stereocenters. The molecule has 1 aromatic rings. The van der Waals surface area contributed by atoms with Crippen LogP contribution in [0.25, 0.3) is 0 Å². The van der Waals surface area contributed by atoms with Gasteiger partial charge in [0.05, 0.1) is 30.6 Å². The van der Waals surface area contributed by atoms with Crippen molar-refractivity contribution in [1.29, 1.82) is 0 Å². The van der Waals surface area contributed by atoms with Crippen molar-refractivity contribution in [1.82, 2.24) is 10.2 Å². The van der Waals surface area contributed by atoms with E-state index in [0.29, 0.717) is 18.7 Å². The maximum Gasteiger partial charge on any atom is 0.250 e. The predicted molar refractivity (Wildman–Crippen MR) is 141 cm³/mol. The molecule has 3 aliphatic rings. The van der Waals surface area contributed by atoms with E-state index in [1.54, 1.807) is 4.90 Å². The Morgan fingerprint density at radius 3 is 2.50 bits per heavy atom. The SMILES string of the molecule is CCCNC(=O)[C@H]1[C@@H]2OC3(CC2Br)C(C(=O)Nc2c(C)cccc2C)N([C@@H](CO)[C@@H](C)CC)C(=O)[C@H]13. The van der Waals surface area contributed by atoms with Gasteiger partial charge in [-0.1, -0.05) is 61.3 Å². The van der Waals surface area contributed by atoms with Gasteiger partial charge in [0.2, 0.25) is 17.7 Å². The average molecular weight is 565 g/mol. The second-order valence-electron chi connectivity index (χ2n) is 10.6. The number of nitrogens with one attached hydrogen (secondary N) is 2. The average Bonchev–Trinajstić information content (AvgIpc) is 3.44. The number of hydrogen-bond acceptors (Lipinski definition) is 5. The van der Waals surface area contributed by atoms with Crippen molar-refractivity contribution in [3.8, 4) is 0 Å². The van der Waals surface area contributed by atoms with E-state index in [1.165, 1.54) is 0 Å². The Bertz CT molecular complexity index is 1010. The van der Waals surface area contributed by atoms with E-state index in [2.05, 4.69) is 26.6 Å². The Balaban J connectivity index is 1.80. The monoisotopic (exact) mass is 563 g/mol. The third kappa shape index (κ3) is 4.17. The summed E-state index contributed by atoms with van der Waals surface area (Å²) < 4.78 is 6.54. The van der Waals surface area contributed by atoms with Crippen LogP contribution in [0.15, 0.2) is 18.2 Å². The number of anilines is 1. The lowest BCUT2D eigenvalue weighted by Gasteiger charge is -2.39. The fourth-order valence-electron chi connectivity index (χ4n) is 6.41. The van der Waals surface area contributed by atoms with Crippen LogP contribution in [-0.4, -0.2) is 69.5 Å². The lowest BCUT2D eigenvalue weighted by atomic mass is 9.70. The summed E-state index contributed by atoms with van der Waals surface area (Å²) in [5.41, 5.74) is 1.39. The van der Waals surface area contributed by atoms with Crippen LogP contribution in [0.2, 0.25) is 0 Å². The third-order valence-corrected chi connectivity index (χ3v) is 9.25. The number of halogens is 1. The molecule has 2 bridgehead atoms. The van der Waals surface area contributed by atoms with Crippen molar-refractivity contribution < 1.29 is 24.2 Å². The summed E-state index contributed by atoms with van der Waals surface area (Å²) in [6.07, 6.45) is 1.44. The van der Waals surface area contributed by atoms with Crippen molar-refractivity contribution >= 4 is 39.3 Å². The van der Waals surface area contributed by atoms with Crippen molar-refractivity contribution in [2.45, 2.75) is 82.5 Å². The molecule has 3 saturated heterocycles. The lowest BCUT2D eigenvalue weighted by molar-refractivity contribution is -0.145. The van der Waals surface area contributed by atoms with Crippen LogP contribution in [-0.2, 0) is 19.1 Å². The first-order chi connectivity index (χ1) is 17.1. The minimum absolute atomic E-state index is 0.0472. The second-order valence-corrected chi connectivity index (χ2v) is 11.8. The molecular formula is C27H38BrN3O5. The van der Waals surface area contributed by atoms with Crippen LogP contribution in [0.1, 0.15) is 51.2 Å². The topological polar surface area (TPSA) is 108 Å². The van der Waals surface area contributed by atoms with Gasteiger partial charge in [0.15, 0.2) is 0 Å². The van der Waals surface area contributed by atoms with E-state index in [1.807, 2.05) is 52.8 Å². The van der Waals surface area contributed by atoms with Crippen molar-refractivity contribution in [3.63, 3.8) is 0 Å². The summed E-state index contributed by atoms with van der Waals surface area (Å²) in [6, 6.07) is 4.26. The minimum Gasteiger partial charge on any atom is -0.394 e. The smallest absolute Gasteiger partial charge is 0.250 e. The van der Waals surface area contributed by atoms with Crippen molar-refractivity contribution in [3.05, 3.63) is 29.3 Å². The molecule has 1 aromatic carbocycles. The van der Waals surface area contributed by atoms with E-state index in [4.69, 9.17) is 4.74 Å². The molecular weight excluding hydrogens is 526 g/mol. The summed E-state index contributed by atoms with van der Waals surface area (Å²) in [5.74, 6) is -2.37. The number of hydrogen-bond donors (Lipinski definition) is 3. The second kappa shape index (κ2) is 10.4. The van der Waals surface area contributed by atoms with Gasteiger partial charge >= 0.3 is 0 Å². The fraction of sp³-hybridized carbons (Fsp3) is 0.667. The van der Waals surface area contributed by atoms with Gasteiger partial charge in [0.25, 0.3) is 0 Å². The summed E-state index contributed by atoms with van der Waals surface area (Å²) in [6.45, 7) is 10.0. The molecule has 0 aromatic heterocycles. The number of amides is 3. The van der Waals surface area contributed by atoms with Crippen molar-refractivity contribution in [2.75, 3.05) is 18.5 Å². The Hall–Kier alpha value is -1.97. The van der Waals surface area contributed by atoms with Gasteiger partial charge in [-0.25, -0.2) is 0 Å². The van der Waals surface area contributed by atoms with Gasteiger partial charge in [-0.05, 0) is 43.7 Å². The molecule has 3 unspecified atom stereocenters. The molecule has 198 valence electrons. The van der Waals surface area contributed by atoms with E-state index in [0.717, 1.165) is 24.0 Å². The zero-order valence-corrected chi connectivity index (χ0v) is 23.3. The molecule has 3 amide bonds. The van der Waals surface area contributed by atoms with Crippen LogP contribution >= 0.6 is 15.9 Å². The number of likely N-dealkylation sites (tertiary alicyclic amines) is 1. The first kappa shape index (κ1) is 27.1. The highest BCUT2D eigenvalue weighted by molar-refractivity contribution is 9.09. The molecule has 1 spiro atoms. The zero-order valence-electron chi connectivity index (χ0n) is 21.7. The van der Waals surface area contributed by atoms with Crippen molar-refractivity contribution in [2.24, 2.45) is 17.8 Å². The number of fused-ring (bicyclic) bond motifs is 1. The number of carbonyl (C=O) groups is 3. The Morgan fingerprint density at radius 2 is 1.92 bits per heavy atom. The van der Waals surface area contributed by atoms with Crippen LogP contribution < -0.4 is 10.6 Å². The van der Waals surface area contributed by atoms with Crippen LogP contribution in [0.4, 0.5) is 5.69 Å². The van der Waals surface area contributed by atoms with Gasteiger partial charge in [0, 0.05) is 17.1 Å². The van der Waals surface area contributed by atoms with E-state index in [9.17, 15) is 19.5 Å². The van der Waals surface area contributed by atoms with Gasteiger partial charge in [-0.3, -0.25) is 14.4 Å². The van der Waals surface area contributed by atoms with Gasteiger partial charge in [-0.2, -0.15) is 0 Å². The van der Waals surface area contributed by atoms with E-state index < -0.39 is 35.6 Å². The van der Waals surface area contributed by atoms with E-state index in [-0.39, 0.29) is 35.1 Å². The molecule has 9 heteroatoms. The first-order valence-corrected chi connectivity index (χ1v) is 13.9. The highest BCUT2D eigenvalue weighted by atomic mass is 79.9. The first-order valence-electron chi connectivity index (χ1n) is 13.0. The summed E-state index contributed by atoms with van der Waals surface area (Å²) >= 11 is 3.69. The number of alkyl halides is 1. The largest absolute Gasteiger partial charge is 0.394 e. The number of rotatable bonds is 9. The summed E-state index contributed by atoms with van der Waals surface area (Å²) in [5, 5.41) is 16.4. The molecule has 36 heavy (non-hydrogen) atoms. The predicted octanol–water partition coefficient (Wildman–Crippen LogP) is 2.92. The Kier molecular flexibility index (Phi) is 7.84. The number of ether oxygens (including phenoxy) is 1. The zero-order chi connectivity index (χ0) is 26.4. The molecule has 0 aliphatic carbocycles.